The van der Waals surface area contributed by atoms with Crippen LogP contribution in [0.5, 0.6) is 0 Å². The number of thiophene rings is 1. The van der Waals surface area contributed by atoms with E-state index in [2.05, 4.69) is 10.5 Å². The van der Waals surface area contributed by atoms with Crippen molar-refractivity contribution in [1.82, 2.24) is 5.32 Å². The molecule has 4 N–H and O–H groups in total. The van der Waals surface area contributed by atoms with E-state index in [-0.39, 0.29) is 17.8 Å². The second kappa shape index (κ2) is 4.97. The Kier molecular flexibility index (Phi) is 3.56. The maximum Gasteiger partial charge on any atom is 0.234 e. The maximum absolute atomic E-state index is 12.2. The summed E-state index contributed by atoms with van der Waals surface area (Å²) in [5, 5.41) is 16.7. The minimum atomic E-state index is -0.778. The molecule has 2 rings (SSSR count). The fourth-order valence-electron chi connectivity index (χ4n) is 1.98. The van der Waals surface area contributed by atoms with Crippen LogP contribution in [0.25, 0.3) is 0 Å². The number of oxime groups is 1. The SMILES string of the molecule is CCC(NC(=O)C1(/C(N)=N/O)CC1)c1cccs1. The molecule has 1 aliphatic rings. The molecular formula is C12H17N3O2S. The van der Waals surface area contributed by atoms with Crippen LogP contribution in [-0.2, 0) is 4.79 Å². The molecule has 0 radical (unpaired) electrons. The van der Waals surface area contributed by atoms with Gasteiger partial charge in [0.2, 0.25) is 5.91 Å². The van der Waals surface area contributed by atoms with Gasteiger partial charge in [0, 0.05) is 4.88 Å². The molecule has 1 heterocycles. The van der Waals surface area contributed by atoms with Gasteiger partial charge >= 0.3 is 0 Å². The summed E-state index contributed by atoms with van der Waals surface area (Å²) in [6.45, 7) is 2.02. The van der Waals surface area contributed by atoms with Crippen molar-refractivity contribution in [3.63, 3.8) is 0 Å². The topological polar surface area (TPSA) is 87.7 Å². The molecule has 1 fully saturated rings. The van der Waals surface area contributed by atoms with Gasteiger partial charge in [-0.05, 0) is 30.7 Å². The highest BCUT2D eigenvalue weighted by Gasteiger charge is 2.54. The van der Waals surface area contributed by atoms with E-state index in [1.165, 1.54) is 0 Å². The van der Waals surface area contributed by atoms with Crippen LogP contribution in [-0.4, -0.2) is 17.0 Å². The molecule has 0 saturated heterocycles. The van der Waals surface area contributed by atoms with Crippen LogP contribution in [0.2, 0.25) is 0 Å². The molecule has 6 heteroatoms. The summed E-state index contributed by atoms with van der Waals surface area (Å²) >= 11 is 1.62. The van der Waals surface area contributed by atoms with Gasteiger partial charge in [0.05, 0.1) is 6.04 Å². The van der Waals surface area contributed by atoms with Crippen LogP contribution >= 0.6 is 11.3 Å². The Morgan fingerprint density at radius 1 is 1.72 bits per heavy atom. The first-order valence-corrected chi connectivity index (χ1v) is 6.84. The lowest BCUT2D eigenvalue weighted by Gasteiger charge is -2.19. The molecule has 0 aromatic carbocycles. The van der Waals surface area contributed by atoms with Crippen molar-refractivity contribution in [3.8, 4) is 0 Å². The third-order valence-corrected chi connectivity index (χ3v) is 4.37. The van der Waals surface area contributed by atoms with Crippen molar-refractivity contribution >= 4 is 23.1 Å². The number of rotatable bonds is 5. The van der Waals surface area contributed by atoms with Crippen LogP contribution in [0.1, 0.15) is 37.1 Å². The predicted octanol–water partition coefficient (Wildman–Crippen LogP) is 1.84. The normalized spacial score (nSPS) is 19.3. The molecule has 0 bridgehead atoms. The Morgan fingerprint density at radius 2 is 2.44 bits per heavy atom. The summed E-state index contributed by atoms with van der Waals surface area (Å²) in [6, 6.07) is 3.97. The Labute approximate surface area is 110 Å². The van der Waals surface area contributed by atoms with Crippen LogP contribution in [0.3, 0.4) is 0 Å². The number of amides is 1. The van der Waals surface area contributed by atoms with Gasteiger partial charge in [0.15, 0.2) is 5.84 Å². The van der Waals surface area contributed by atoms with Gasteiger partial charge < -0.3 is 16.3 Å². The van der Waals surface area contributed by atoms with Crippen molar-refractivity contribution in [2.75, 3.05) is 0 Å². The number of carbonyl (C=O) groups is 1. The molecule has 0 aliphatic heterocycles. The number of nitrogens with one attached hydrogen (secondary N) is 1. The Morgan fingerprint density at radius 3 is 2.89 bits per heavy atom. The number of hydrogen-bond acceptors (Lipinski definition) is 4. The van der Waals surface area contributed by atoms with E-state index < -0.39 is 5.41 Å². The van der Waals surface area contributed by atoms with E-state index in [0.29, 0.717) is 12.8 Å². The first-order valence-electron chi connectivity index (χ1n) is 5.96. The summed E-state index contributed by atoms with van der Waals surface area (Å²) in [5.41, 5.74) is 4.81. The third-order valence-electron chi connectivity index (χ3n) is 3.38. The average Bonchev–Trinajstić information content (AvgIpc) is 3.03. The van der Waals surface area contributed by atoms with Crippen molar-refractivity contribution in [2.45, 2.75) is 32.2 Å². The maximum atomic E-state index is 12.2. The average molecular weight is 267 g/mol. The molecule has 0 spiro atoms. The van der Waals surface area contributed by atoms with Gasteiger partial charge in [0.1, 0.15) is 5.41 Å². The molecule has 1 aliphatic carbocycles. The lowest BCUT2D eigenvalue weighted by atomic mass is 10.0. The quantitative estimate of drug-likeness (QED) is 0.329. The number of carbonyl (C=O) groups excluding carboxylic acids is 1. The van der Waals surface area contributed by atoms with Gasteiger partial charge in [-0.25, -0.2) is 0 Å². The Hall–Kier alpha value is -1.56. The number of hydrogen-bond donors (Lipinski definition) is 3. The van der Waals surface area contributed by atoms with Crippen LogP contribution in [0, 0.1) is 5.41 Å². The lowest BCUT2D eigenvalue weighted by molar-refractivity contribution is -0.124. The summed E-state index contributed by atoms with van der Waals surface area (Å²) in [5.74, 6) is -0.126. The second-order valence-corrected chi connectivity index (χ2v) is 5.50. The lowest BCUT2D eigenvalue weighted by Crippen LogP contribution is -2.42. The summed E-state index contributed by atoms with van der Waals surface area (Å²) in [4.78, 5) is 13.3. The van der Waals surface area contributed by atoms with Crippen LogP contribution < -0.4 is 11.1 Å². The number of nitrogens with zero attached hydrogens (tertiary/aromatic N) is 1. The third kappa shape index (κ3) is 2.20. The summed E-state index contributed by atoms with van der Waals surface area (Å²) in [7, 11) is 0. The van der Waals surface area contributed by atoms with Crippen molar-refractivity contribution in [3.05, 3.63) is 22.4 Å². The minimum absolute atomic E-state index is 0.00136. The molecule has 1 amide bonds. The number of amidine groups is 1. The van der Waals surface area contributed by atoms with Gasteiger partial charge in [0.25, 0.3) is 0 Å². The van der Waals surface area contributed by atoms with Gasteiger partial charge in [-0.2, -0.15) is 0 Å². The summed E-state index contributed by atoms with van der Waals surface area (Å²) in [6.07, 6.45) is 2.11. The van der Waals surface area contributed by atoms with Gasteiger partial charge in [-0.3, -0.25) is 4.79 Å². The zero-order valence-corrected chi connectivity index (χ0v) is 11.0. The fraction of sp³-hybridized carbons (Fsp3) is 0.500. The highest BCUT2D eigenvalue weighted by Crippen LogP contribution is 2.46. The second-order valence-electron chi connectivity index (χ2n) is 4.52. The molecular weight excluding hydrogens is 250 g/mol. The first kappa shape index (κ1) is 12.9. The molecule has 5 nitrogen and oxygen atoms in total. The fourth-order valence-corrected chi connectivity index (χ4v) is 2.84. The van der Waals surface area contributed by atoms with Gasteiger partial charge in [-0.1, -0.05) is 18.1 Å². The van der Waals surface area contributed by atoms with E-state index in [4.69, 9.17) is 10.9 Å². The Balaban J connectivity index is 2.07. The molecule has 1 unspecified atom stereocenters. The van der Waals surface area contributed by atoms with Crippen molar-refractivity contribution < 1.29 is 10.0 Å². The Bertz CT molecular complexity index is 452. The summed E-state index contributed by atoms with van der Waals surface area (Å²) < 4.78 is 0. The highest BCUT2D eigenvalue weighted by molar-refractivity contribution is 7.10. The van der Waals surface area contributed by atoms with E-state index in [9.17, 15) is 4.79 Å². The smallest absolute Gasteiger partial charge is 0.234 e. The largest absolute Gasteiger partial charge is 0.409 e. The molecule has 1 saturated carbocycles. The van der Waals surface area contributed by atoms with E-state index in [0.717, 1.165) is 11.3 Å². The van der Waals surface area contributed by atoms with E-state index in [1.54, 1.807) is 11.3 Å². The molecule has 1 atom stereocenters. The molecule has 18 heavy (non-hydrogen) atoms. The standard InChI is InChI=1S/C12H17N3O2S/c1-2-8(9-4-3-7-18-9)14-11(16)12(5-6-12)10(13)15-17/h3-4,7-8,17H,2,5-6H2,1H3,(H2,13,15)(H,14,16). The van der Waals surface area contributed by atoms with E-state index >= 15 is 0 Å². The number of nitrogens with two attached hydrogens (primary N) is 1. The highest BCUT2D eigenvalue weighted by atomic mass is 32.1. The zero-order chi connectivity index (χ0) is 13.2. The van der Waals surface area contributed by atoms with Crippen LogP contribution in [0.15, 0.2) is 22.7 Å². The van der Waals surface area contributed by atoms with Crippen molar-refractivity contribution in [1.29, 1.82) is 0 Å². The zero-order valence-electron chi connectivity index (χ0n) is 10.2. The molecule has 1 aromatic heterocycles. The molecule has 98 valence electrons. The van der Waals surface area contributed by atoms with E-state index in [1.807, 2.05) is 24.4 Å². The minimum Gasteiger partial charge on any atom is -0.409 e. The molecule has 1 aromatic rings. The first-order chi connectivity index (χ1) is 8.64. The van der Waals surface area contributed by atoms with Crippen molar-refractivity contribution in [2.24, 2.45) is 16.3 Å². The van der Waals surface area contributed by atoms with Gasteiger partial charge in [-0.15, -0.1) is 11.3 Å². The predicted molar refractivity (Wildman–Crippen MR) is 70.6 cm³/mol. The van der Waals surface area contributed by atoms with Crippen LogP contribution in [0.4, 0.5) is 0 Å². The monoisotopic (exact) mass is 267 g/mol.